The molecule has 27 heavy (non-hydrogen) atoms. The van der Waals surface area contributed by atoms with Gasteiger partial charge in [-0.1, -0.05) is 25.9 Å². The molecule has 0 saturated carbocycles. The fourth-order valence-electron chi connectivity index (χ4n) is 3.30. The van der Waals surface area contributed by atoms with E-state index in [2.05, 4.69) is 46.1 Å². The van der Waals surface area contributed by atoms with E-state index in [-0.39, 0.29) is 24.0 Å². The summed E-state index contributed by atoms with van der Waals surface area (Å²) < 4.78 is 10.3. The lowest BCUT2D eigenvalue weighted by Gasteiger charge is -2.29. The van der Waals surface area contributed by atoms with Crippen LogP contribution in [0, 0.1) is 5.41 Å². The van der Waals surface area contributed by atoms with Gasteiger partial charge >= 0.3 is 0 Å². The first-order valence-corrected chi connectivity index (χ1v) is 9.18. The molecule has 1 N–H and O–H groups in total. The number of hydrogen-bond donors (Lipinski definition) is 1. The van der Waals surface area contributed by atoms with Gasteiger partial charge in [0, 0.05) is 25.4 Å². The Bertz CT molecular complexity index is 766. The van der Waals surface area contributed by atoms with Crippen molar-refractivity contribution in [3.63, 3.8) is 0 Å². The first-order valence-electron chi connectivity index (χ1n) is 9.18. The molecule has 1 atom stereocenters. The van der Waals surface area contributed by atoms with Crippen LogP contribution in [0.25, 0.3) is 11.4 Å². The number of anilines is 1. The smallest absolute Gasteiger partial charge is 0.251 e. The molecule has 3 heterocycles. The molecule has 0 aliphatic carbocycles. The summed E-state index contributed by atoms with van der Waals surface area (Å²) in [4.78, 5) is 22.8. The average Bonchev–Trinajstić information content (AvgIpc) is 3.23. The summed E-state index contributed by atoms with van der Waals surface area (Å²) in [7, 11) is 1.47. The maximum Gasteiger partial charge on any atom is 0.251 e. The van der Waals surface area contributed by atoms with Crippen molar-refractivity contribution in [2.75, 3.05) is 32.1 Å². The van der Waals surface area contributed by atoms with Crippen molar-refractivity contribution in [2.45, 2.75) is 39.7 Å². The van der Waals surface area contributed by atoms with Gasteiger partial charge in [0.2, 0.25) is 11.7 Å². The summed E-state index contributed by atoms with van der Waals surface area (Å²) in [5, 5.41) is 6.77. The van der Waals surface area contributed by atoms with Gasteiger partial charge in [0.1, 0.15) is 12.4 Å². The third-order valence-corrected chi connectivity index (χ3v) is 4.33. The van der Waals surface area contributed by atoms with E-state index in [1.807, 2.05) is 6.07 Å². The third kappa shape index (κ3) is 5.11. The minimum atomic E-state index is -0.250. The van der Waals surface area contributed by atoms with Crippen LogP contribution in [0.5, 0.6) is 0 Å². The van der Waals surface area contributed by atoms with Crippen molar-refractivity contribution < 1.29 is 14.1 Å². The van der Waals surface area contributed by atoms with Gasteiger partial charge in [0.25, 0.3) is 5.91 Å². The molecule has 1 amide bonds. The third-order valence-electron chi connectivity index (χ3n) is 4.33. The number of carbonyl (C=O) groups excluding carboxylic acids is 1. The molecule has 1 aliphatic rings. The zero-order valence-corrected chi connectivity index (χ0v) is 16.4. The quantitative estimate of drug-likeness (QED) is 0.832. The first kappa shape index (κ1) is 19.4. The SMILES string of the molecule is COCC(=O)Nc1ccc(-c2noc(C3CCCN3CC(C)(C)C)n2)cn1. The van der Waals surface area contributed by atoms with Crippen LogP contribution >= 0.6 is 0 Å². The first-order chi connectivity index (χ1) is 12.9. The Morgan fingerprint density at radius 1 is 1.41 bits per heavy atom. The van der Waals surface area contributed by atoms with Crippen LogP contribution in [0.4, 0.5) is 5.82 Å². The average molecular weight is 373 g/mol. The topological polar surface area (TPSA) is 93.4 Å². The minimum Gasteiger partial charge on any atom is -0.375 e. The number of methoxy groups -OCH3 is 1. The zero-order valence-electron chi connectivity index (χ0n) is 16.4. The van der Waals surface area contributed by atoms with Crippen LogP contribution < -0.4 is 5.32 Å². The second-order valence-electron chi connectivity index (χ2n) is 8.06. The Labute approximate surface area is 159 Å². The van der Waals surface area contributed by atoms with Crippen molar-refractivity contribution in [1.29, 1.82) is 0 Å². The van der Waals surface area contributed by atoms with Crippen LogP contribution in [-0.2, 0) is 9.53 Å². The summed E-state index contributed by atoms with van der Waals surface area (Å²) in [5.74, 6) is 1.37. The molecule has 2 aromatic rings. The van der Waals surface area contributed by atoms with E-state index < -0.39 is 0 Å². The van der Waals surface area contributed by atoms with Gasteiger partial charge in [-0.3, -0.25) is 9.69 Å². The lowest BCUT2D eigenvalue weighted by molar-refractivity contribution is -0.119. The number of pyridine rings is 1. The Morgan fingerprint density at radius 2 is 2.22 bits per heavy atom. The molecule has 3 rings (SSSR count). The summed E-state index contributed by atoms with van der Waals surface area (Å²) in [6.45, 7) is 8.74. The molecule has 1 saturated heterocycles. The molecule has 0 bridgehead atoms. The highest BCUT2D eigenvalue weighted by Gasteiger charge is 2.33. The number of aromatic nitrogens is 3. The number of ether oxygens (including phenoxy) is 1. The number of nitrogens with zero attached hydrogens (tertiary/aromatic N) is 4. The Balaban J connectivity index is 1.69. The van der Waals surface area contributed by atoms with Gasteiger partial charge in [-0.15, -0.1) is 0 Å². The standard InChI is InChI=1S/C19H27N5O3/c1-19(2,3)12-24-9-5-6-14(24)18-22-17(23-27-18)13-7-8-15(20-10-13)21-16(25)11-26-4/h7-8,10,14H,5-6,9,11-12H2,1-4H3,(H,20,21,25). The Kier molecular flexibility index (Phi) is 5.86. The van der Waals surface area contributed by atoms with Gasteiger partial charge in [-0.05, 0) is 36.9 Å². The molecule has 146 valence electrons. The van der Waals surface area contributed by atoms with Gasteiger partial charge < -0.3 is 14.6 Å². The second-order valence-corrected chi connectivity index (χ2v) is 8.06. The Morgan fingerprint density at radius 3 is 2.89 bits per heavy atom. The fraction of sp³-hybridized carbons (Fsp3) is 0.579. The van der Waals surface area contributed by atoms with E-state index in [0.717, 1.165) is 31.5 Å². The monoisotopic (exact) mass is 373 g/mol. The molecule has 8 nitrogen and oxygen atoms in total. The lowest BCUT2D eigenvalue weighted by atomic mass is 9.96. The molecular formula is C19H27N5O3. The van der Waals surface area contributed by atoms with Crippen LogP contribution in [0.3, 0.4) is 0 Å². The minimum absolute atomic E-state index is 0.00983. The molecule has 1 aliphatic heterocycles. The highest BCUT2D eigenvalue weighted by molar-refractivity contribution is 5.90. The van der Waals surface area contributed by atoms with E-state index >= 15 is 0 Å². The van der Waals surface area contributed by atoms with Crippen molar-refractivity contribution >= 4 is 11.7 Å². The van der Waals surface area contributed by atoms with E-state index in [4.69, 9.17) is 9.26 Å². The number of amides is 1. The second kappa shape index (κ2) is 8.14. The largest absolute Gasteiger partial charge is 0.375 e. The molecule has 8 heteroatoms. The van der Waals surface area contributed by atoms with E-state index in [1.165, 1.54) is 7.11 Å². The Hall–Kier alpha value is -2.32. The van der Waals surface area contributed by atoms with Crippen LogP contribution in [0.1, 0.15) is 45.5 Å². The van der Waals surface area contributed by atoms with Gasteiger partial charge in [-0.2, -0.15) is 4.98 Å². The fourth-order valence-corrected chi connectivity index (χ4v) is 3.30. The molecule has 0 aromatic carbocycles. The van der Waals surface area contributed by atoms with Crippen molar-refractivity contribution in [2.24, 2.45) is 5.41 Å². The summed E-state index contributed by atoms with van der Waals surface area (Å²) in [6, 6.07) is 3.69. The maximum absolute atomic E-state index is 11.5. The van der Waals surface area contributed by atoms with Crippen molar-refractivity contribution in [3.8, 4) is 11.4 Å². The molecule has 0 radical (unpaired) electrons. The molecule has 2 aromatic heterocycles. The number of rotatable bonds is 6. The maximum atomic E-state index is 11.5. The highest BCUT2D eigenvalue weighted by atomic mass is 16.5. The lowest BCUT2D eigenvalue weighted by Crippen LogP contribution is -2.32. The van der Waals surface area contributed by atoms with Crippen molar-refractivity contribution in [1.82, 2.24) is 20.0 Å². The van der Waals surface area contributed by atoms with Crippen molar-refractivity contribution in [3.05, 3.63) is 24.2 Å². The number of carbonyl (C=O) groups is 1. The number of nitrogens with one attached hydrogen (secondary N) is 1. The summed E-state index contributed by atoms with van der Waals surface area (Å²) >= 11 is 0. The van der Waals surface area contributed by atoms with Gasteiger partial charge in [0.15, 0.2) is 0 Å². The van der Waals surface area contributed by atoms with Gasteiger partial charge in [0.05, 0.1) is 6.04 Å². The van der Waals surface area contributed by atoms with E-state index in [1.54, 1.807) is 12.3 Å². The summed E-state index contributed by atoms with van der Waals surface area (Å²) in [5.41, 5.74) is 0.966. The number of likely N-dealkylation sites (tertiary alicyclic amines) is 1. The van der Waals surface area contributed by atoms with Crippen LogP contribution in [0.2, 0.25) is 0 Å². The molecule has 1 unspecified atom stereocenters. The predicted octanol–water partition coefficient (Wildman–Crippen LogP) is 2.90. The normalized spacial score (nSPS) is 18.0. The van der Waals surface area contributed by atoms with E-state index in [9.17, 15) is 4.79 Å². The van der Waals surface area contributed by atoms with Gasteiger partial charge in [-0.25, -0.2) is 4.98 Å². The summed E-state index contributed by atoms with van der Waals surface area (Å²) in [6.07, 6.45) is 3.79. The highest BCUT2D eigenvalue weighted by Crippen LogP contribution is 2.34. The molecule has 0 spiro atoms. The molecule has 1 fully saturated rings. The van der Waals surface area contributed by atoms with Crippen LogP contribution in [-0.4, -0.2) is 52.7 Å². The molecular weight excluding hydrogens is 346 g/mol. The van der Waals surface area contributed by atoms with Crippen LogP contribution in [0.15, 0.2) is 22.9 Å². The number of hydrogen-bond acceptors (Lipinski definition) is 7. The predicted molar refractivity (Wildman–Crippen MR) is 101 cm³/mol. The zero-order chi connectivity index (χ0) is 19.4. The van der Waals surface area contributed by atoms with E-state index in [0.29, 0.717) is 17.5 Å².